The van der Waals surface area contributed by atoms with Gasteiger partial charge in [0.15, 0.2) is 0 Å². The molecule has 1 amide bonds. The maximum Gasteiger partial charge on any atom is 0.295 e. The van der Waals surface area contributed by atoms with Crippen LogP contribution >= 0.6 is 0 Å². The van der Waals surface area contributed by atoms with Gasteiger partial charge in [-0.15, -0.1) is 0 Å². The highest BCUT2D eigenvalue weighted by molar-refractivity contribution is 6.46. The third kappa shape index (κ3) is 4.41. The summed E-state index contributed by atoms with van der Waals surface area (Å²) in [6.07, 6.45) is 1.47. The fourth-order valence-electron chi connectivity index (χ4n) is 4.32. The van der Waals surface area contributed by atoms with E-state index in [0.29, 0.717) is 30.9 Å². The smallest absolute Gasteiger partial charge is 0.295 e. The quantitative estimate of drug-likeness (QED) is 0.288. The number of ketones is 1. The molecule has 1 aliphatic heterocycles. The number of carbonyl (C=O) groups excluding carboxylic acids is 2. The Labute approximate surface area is 189 Å². The van der Waals surface area contributed by atoms with Crippen molar-refractivity contribution < 1.29 is 24.2 Å². The van der Waals surface area contributed by atoms with Crippen LogP contribution in [0.25, 0.3) is 5.76 Å². The van der Waals surface area contributed by atoms with Crippen molar-refractivity contribution in [1.82, 2.24) is 4.90 Å². The van der Waals surface area contributed by atoms with Gasteiger partial charge in [-0.2, -0.15) is 0 Å². The second-order valence-electron chi connectivity index (χ2n) is 8.10. The zero-order chi connectivity index (χ0) is 23.4. The predicted octanol–water partition coefficient (Wildman–Crippen LogP) is 4.33. The molecule has 0 radical (unpaired) electrons. The van der Waals surface area contributed by atoms with Crippen molar-refractivity contribution in [2.45, 2.75) is 39.7 Å². The summed E-state index contributed by atoms with van der Waals surface area (Å²) in [7, 11) is 3.13. The van der Waals surface area contributed by atoms with Gasteiger partial charge in [0.25, 0.3) is 11.7 Å². The van der Waals surface area contributed by atoms with Crippen LogP contribution in [0.2, 0.25) is 0 Å². The first-order valence-corrected chi connectivity index (χ1v) is 10.9. The van der Waals surface area contributed by atoms with E-state index in [-0.39, 0.29) is 11.3 Å². The number of ether oxygens (including phenoxy) is 2. The van der Waals surface area contributed by atoms with Gasteiger partial charge in [-0.3, -0.25) is 9.59 Å². The normalized spacial score (nSPS) is 17.8. The lowest BCUT2D eigenvalue weighted by molar-refractivity contribution is -0.140. The zero-order valence-corrected chi connectivity index (χ0v) is 19.4. The standard InChI is InChI=1S/C26H31NO5/c1-6-18-8-10-19(11-9-18)22-21(24(29)26(30)27(22)12-7-13-31-4)23(28)20-15-16(2)14-17(3)25(20)32-5/h8-11,14-15,22,28H,6-7,12-13H2,1-5H3/b23-21+. The molecule has 1 atom stereocenters. The van der Waals surface area contributed by atoms with Gasteiger partial charge in [-0.1, -0.05) is 37.3 Å². The molecule has 1 N–H and O–H groups in total. The third-order valence-electron chi connectivity index (χ3n) is 5.87. The van der Waals surface area contributed by atoms with Crippen LogP contribution < -0.4 is 4.74 Å². The van der Waals surface area contributed by atoms with Gasteiger partial charge >= 0.3 is 0 Å². The fraction of sp³-hybridized carbons (Fsp3) is 0.385. The van der Waals surface area contributed by atoms with Crippen molar-refractivity contribution >= 4 is 17.4 Å². The number of aryl methyl sites for hydroxylation is 3. The monoisotopic (exact) mass is 437 g/mol. The minimum Gasteiger partial charge on any atom is -0.507 e. The van der Waals surface area contributed by atoms with Crippen molar-refractivity contribution in [3.63, 3.8) is 0 Å². The van der Waals surface area contributed by atoms with Crippen molar-refractivity contribution in [3.8, 4) is 5.75 Å². The zero-order valence-electron chi connectivity index (χ0n) is 19.4. The Hall–Kier alpha value is -3.12. The van der Waals surface area contributed by atoms with Gasteiger partial charge in [-0.05, 0) is 55.0 Å². The van der Waals surface area contributed by atoms with Crippen LogP contribution in [-0.2, 0) is 20.7 Å². The number of likely N-dealkylation sites (tertiary alicyclic amines) is 1. The molecule has 1 unspecified atom stereocenters. The minimum atomic E-state index is -0.689. The van der Waals surface area contributed by atoms with E-state index in [4.69, 9.17) is 9.47 Å². The van der Waals surface area contributed by atoms with Crippen molar-refractivity contribution in [2.75, 3.05) is 27.4 Å². The maximum atomic E-state index is 13.2. The summed E-state index contributed by atoms with van der Waals surface area (Å²) in [4.78, 5) is 27.7. The van der Waals surface area contributed by atoms with E-state index in [0.717, 1.165) is 28.7 Å². The predicted molar refractivity (Wildman–Crippen MR) is 124 cm³/mol. The Morgan fingerprint density at radius 2 is 1.78 bits per heavy atom. The summed E-state index contributed by atoms with van der Waals surface area (Å²) >= 11 is 0. The molecule has 2 aromatic carbocycles. The molecule has 1 heterocycles. The number of aliphatic hydroxyl groups is 1. The Balaban J connectivity index is 2.20. The van der Waals surface area contributed by atoms with Crippen LogP contribution in [0, 0.1) is 13.8 Å². The number of nitrogens with zero attached hydrogens (tertiary/aromatic N) is 1. The number of methoxy groups -OCH3 is 2. The van der Waals surface area contributed by atoms with E-state index in [1.54, 1.807) is 13.2 Å². The van der Waals surface area contributed by atoms with Crippen molar-refractivity contribution in [3.05, 3.63) is 69.8 Å². The van der Waals surface area contributed by atoms with E-state index >= 15 is 0 Å². The molecular formula is C26H31NO5. The molecule has 6 heteroatoms. The number of Topliss-reactive ketones (excluding diaryl/α,β-unsaturated/α-hetero) is 1. The average Bonchev–Trinajstić information content (AvgIpc) is 3.03. The average molecular weight is 438 g/mol. The van der Waals surface area contributed by atoms with Gasteiger partial charge in [0, 0.05) is 20.3 Å². The molecule has 3 rings (SSSR count). The third-order valence-corrected chi connectivity index (χ3v) is 5.87. The Morgan fingerprint density at radius 1 is 1.09 bits per heavy atom. The van der Waals surface area contributed by atoms with E-state index in [1.165, 1.54) is 12.0 Å². The number of hydrogen-bond donors (Lipinski definition) is 1. The molecule has 1 saturated heterocycles. The topological polar surface area (TPSA) is 76.1 Å². The van der Waals surface area contributed by atoms with Crippen LogP contribution in [-0.4, -0.2) is 49.1 Å². The molecule has 1 aliphatic rings. The highest BCUT2D eigenvalue weighted by Gasteiger charge is 2.46. The number of amides is 1. The lowest BCUT2D eigenvalue weighted by atomic mass is 9.93. The number of aliphatic hydroxyl groups excluding tert-OH is 1. The maximum absolute atomic E-state index is 13.2. The second kappa shape index (κ2) is 10.0. The molecule has 0 aliphatic carbocycles. The largest absolute Gasteiger partial charge is 0.507 e. The molecule has 170 valence electrons. The second-order valence-corrected chi connectivity index (χ2v) is 8.10. The first kappa shape index (κ1) is 23.5. The molecule has 0 aromatic heterocycles. The van der Waals surface area contributed by atoms with E-state index in [2.05, 4.69) is 6.92 Å². The van der Waals surface area contributed by atoms with Crippen molar-refractivity contribution in [2.24, 2.45) is 0 Å². The SMILES string of the molecule is CCc1ccc(C2/C(=C(\O)c3cc(C)cc(C)c3OC)C(=O)C(=O)N2CCCOC)cc1. The molecule has 32 heavy (non-hydrogen) atoms. The molecule has 0 bridgehead atoms. The van der Waals surface area contributed by atoms with Crippen LogP contribution in [0.15, 0.2) is 42.0 Å². The van der Waals surface area contributed by atoms with Crippen LogP contribution in [0.3, 0.4) is 0 Å². The van der Waals surface area contributed by atoms with E-state index < -0.39 is 17.7 Å². The summed E-state index contributed by atoms with van der Waals surface area (Å²) in [5.74, 6) is -1.04. The highest BCUT2D eigenvalue weighted by Crippen LogP contribution is 2.41. The van der Waals surface area contributed by atoms with Gasteiger partial charge in [0.1, 0.15) is 11.5 Å². The van der Waals surface area contributed by atoms with Gasteiger partial charge in [0.2, 0.25) is 0 Å². The van der Waals surface area contributed by atoms with Gasteiger partial charge < -0.3 is 19.5 Å². The molecule has 6 nitrogen and oxygen atoms in total. The van der Waals surface area contributed by atoms with Crippen LogP contribution in [0.5, 0.6) is 5.75 Å². The lowest BCUT2D eigenvalue weighted by Gasteiger charge is -2.25. The molecule has 0 saturated carbocycles. The molecule has 2 aromatic rings. The number of hydrogen-bond acceptors (Lipinski definition) is 5. The Morgan fingerprint density at radius 3 is 2.38 bits per heavy atom. The molecule has 0 spiro atoms. The summed E-state index contributed by atoms with van der Waals surface area (Å²) in [5, 5.41) is 11.4. The van der Waals surface area contributed by atoms with Crippen LogP contribution in [0.4, 0.5) is 0 Å². The number of benzene rings is 2. The molecule has 1 fully saturated rings. The summed E-state index contributed by atoms with van der Waals surface area (Å²) in [6.45, 7) is 6.67. The Bertz CT molecular complexity index is 1040. The lowest BCUT2D eigenvalue weighted by Crippen LogP contribution is -2.31. The number of carbonyl (C=O) groups is 2. The van der Waals surface area contributed by atoms with Crippen molar-refractivity contribution in [1.29, 1.82) is 0 Å². The first-order chi connectivity index (χ1) is 15.3. The first-order valence-electron chi connectivity index (χ1n) is 10.9. The molecular weight excluding hydrogens is 406 g/mol. The Kier molecular flexibility index (Phi) is 7.36. The van der Waals surface area contributed by atoms with Gasteiger partial charge in [0.05, 0.1) is 24.3 Å². The fourth-order valence-corrected chi connectivity index (χ4v) is 4.32. The summed E-state index contributed by atoms with van der Waals surface area (Å²) in [5.41, 5.74) is 4.19. The summed E-state index contributed by atoms with van der Waals surface area (Å²) < 4.78 is 10.7. The summed E-state index contributed by atoms with van der Waals surface area (Å²) in [6, 6.07) is 10.9. The van der Waals surface area contributed by atoms with Crippen LogP contribution in [0.1, 0.15) is 47.2 Å². The minimum absolute atomic E-state index is 0.0833. The van der Waals surface area contributed by atoms with Gasteiger partial charge in [-0.25, -0.2) is 0 Å². The van der Waals surface area contributed by atoms with E-state index in [9.17, 15) is 14.7 Å². The highest BCUT2D eigenvalue weighted by atomic mass is 16.5. The van der Waals surface area contributed by atoms with E-state index in [1.807, 2.05) is 44.2 Å². The number of rotatable bonds is 8.